The minimum atomic E-state index is -0.474. The molecule has 2 aliphatic rings. The van der Waals surface area contributed by atoms with E-state index in [2.05, 4.69) is 41.4 Å². The van der Waals surface area contributed by atoms with Crippen LogP contribution in [0.2, 0.25) is 0 Å². The van der Waals surface area contributed by atoms with E-state index < -0.39 is 5.60 Å². The van der Waals surface area contributed by atoms with Gasteiger partial charge in [-0.2, -0.15) is 0 Å². The third kappa shape index (κ3) is 8.12. The lowest BCUT2D eigenvalue weighted by Gasteiger charge is -2.33. The summed E-state index contributed by atoms with van der Waals surface area (Å²) >= 11 is 0. The van der Waals surface area contributed by atoms with Gasteiger partial charge in [0.25, 0.3) is 0 Å². The molecule has 2 fully saturated rings. The Kier molecular flexibility index (Phi) is 8.57. The molecule has 1 atom stereocenters. The van der Waals surface area contributed by atoms with E-state index in [-0.39, 0.29) is 12.0 Å². The maximum absolute atomic E-state index is 12.4. The fraction of sp³-hybridized carbons (Fsp3) is 0.692. The van der Waals surface area contributed by atoms with Crippen LogP contribution < -0.4 is 5.32 Å². The number of amides is 2. The first-order valence-corrected chi connectivity index (χ1v) is 12.2. The third-order valence-corrected chi connectivity index (χ3v) is 6.40. The van der Waals surface area contributed by atoms with Crippen LogP contribution >= 0.6 is 0 Å². The number of benzene rings is 1. The summed E-state index contributed by atoms with van der Waals surface area (Å²) in [4.78, 5) is 28.9. The molecule has 2 heterocycles. The van der Waals surface area contributed by atoms with Crippen molar-refractivity contribution < 1.29 is 14.3 Å². The molecule has 0 unspecified atom stereocenters. The van der Waals surface area contributed by atoms with Crippen LogP contribution in [0.15, 0.2) is 24.3 Å². The number of rotatable bonds is 6. The highest BCUT2D eigenvalue weighted by molar-refractivity contribution is 5.76. The third-order valence-electron chi connectivity index (χ3n) is 6.40. The number of hydrogen-bond acceptors (Lipinski definition) is 4. The Morgan fingerprint density at radius 2 is 1.69 bits per heavy atom. The summed E-state index contributed by atoms with van der Waals surface area (Å²) in [5.74, 6) is 1.21. The second-order valence-electron chi connectivity index (χ2n) is 10.7. The van der Waals surface area contributed by atoms with Gasteiger partial charge in [-0.25, -0.2) is 4.79 Å². The highest BCUT2D eigenvalue weighted by atomic mass is 16.6. The molecule has 0 saturated carbocycles. The van der Waals surface area contributed by atoms with E-state index in [1.807, 2.05) is 20.8 Å². The van der Waals surface area contributed by atoms with Gasteiger partial charge in [0.2, 0.25) is 5.91 Å². The standard InChI is InChI=1S/C26H41N3O3/c1-20-6-5-13-28(18-20)19-23-9-7-22(8-10-23)17-27-24(30)16-21-11-14-29(15-12-21)25(31)32-26(2,3)4/h7-10,20-21H,5-6,11-19H2,1-4H3,(H,27,30)/t20-/m0/s1. The first kappa shape index (κ1) is 24.6. The fourth-order valence-corrected chi connectivity index (χ4v) is 4.63. The van der Waals surface area contributed by atoms with E-state index in [9.17, 15) is 9.59 Å². The van der Waals surface area contributed by atoms with Crippen LogP contribution in [0.5, 0.6) is 0 Å². The van der Waals surface area contributed by atoms with E-state index in [1.165, 1.54) is 31.5 Å². The van der Waals surface area contributed by atoms with Crippen molar-refractivity contribution in [1.82, 2.24) is 15.1 Å². The molecule has 0 bridgehead atoms. The van der Waals surface area contributed by atoms with Gasteiger partial charge in [-0.15, -0.1) is 0 Å². The molecule has 0 aromatic heterocycles. The second-order valence-corrected chi connectivity index (χ2v) is 10.7. The summed E-state index contributed by atoms with van der Waals surface area (Å²) in [5.41, 5.74) is 2.00. The van der Waals surface area contributed by atoms with Crippen molar-refractivity contribution in [3.63, 3.8) is 0 Å². The van der Waals surface area contributed by atoms with Gasteiger partial charge in [0, 0.05) is 39.1 Å². The van der Waals surface area contributed by atoms with Crippen molar-refractivity contribution in [3.8, 4) is 0 Å². The summed E-state index contributed by atoms with van der Waals surface area (Å²) in [5, 5.41) is 3.06. The maximum Gasteiger partial charge on any atom is 0.410 e. The molecule has 178 valence electrons. The zero-order valence-electron chi connectivity index (χ0n) is 20.4. The molecule has 6 heteroatoms. The summed E-state index contributed by atoms with van der Waals surface area (Å²) in [7, 11) is 0. The smallest absolute Gasteiger partial charge is 0.410 e. The largest absolute Gasteiger partial charge is 0.444 e. The maximum atomic E-state index is 12.4. The van der Waals surface area contributed by atoms with Crippen molar-refractivity contribution in [3.05, 3.63) is 35.4 Å². The lowest BCUT2D eigenvalue weighted by molar-refractivity contribution is -0.122. The van der Waals surface area contributed by atoms with E-state index in [4.69, 9.17) is 4.74 Å². The van der Waals surface area contributed by atoms with Crippen molar-refractivity contribution in [2.24, 2.45) is 11.8 Å². The minimum absolute atomic E-state index is 0.0899. The number of carbonyl (C=O) groups excluding carboxylic acids is 2. The van der Waals surface area contributed by atoms with E-state index in [0.717, 1.165) is 30.9 Å². The van der Waals surface area contributed by atoms with E-state index in [1.54, 1.807) is 4.90 Å². The average molecular weight is 444 g/mol. The first-order chi connectivity index (χ1) is 15.2. The highest BCUT2D eigenvalue weighted by Crippen LogP contribution is 2.22. The lowest BCUT2D eigenvalue weighted by atomic mass is 9.93. The highest BCUT2D eigenvalue weighted by Gasteiger charge is 2.27. The average Bonchev–Trinajstić information content (AvgIpc) is 2.72. The van der Waals surface area contributed by atoms with Gasteiger partial charge in [-0.1, -0.05) is 31.2 Å². The number of nitrogens with one attached hydrogen (secondary N) is 1. The summed E-state index contributed by atoms with van der Waals surface area (Å²) in [6, 6.07) is 8.63. The van der Waals surface area contributed by atoms with E-state index in [0.29, 0.717) is 32.0 Å². The van der Waals surface area contributed by atoms with Crippen LogP contribution in [0.25, 0.3) is 0 Å². The van der Waals surface area contributed by atoms with E-state index >= 15 is 0 Å². The summed E-state index contributed by atoms with van der Waals surface area (Å²) in [6.07, 6.45) is 4.60. The van der Waals surface area contributed by atoms with Gasteiger partial charge in [0.1, 0.15) is 5.60 Å². The molecule has 2 amide bonds. The topological polar surface area (TPSA) is 61.9 Å². The van der Waals surface area contributed by atoms with Crippen molar-refractivity contribution in [1.29, 1.82) is 0 Å². The molecule has 2 aliphatic heterocycles. The Morgan fingerprint density at radius 1 is 1.03 bits per heavy atom. The number of hydrogen-bond donors (Lipinski definition) is 1. The minimum Gasteiger partial charge on any atom is -0.444 e. The zero-order valence-corrected chi connectivity index (χ0v) is 20.4. The molecule has 1 aromatic rings. The molecule has 1 aromatic carbocycles. The fourth-order valence-electron chi connectivity index (χ4n) is 4.63. The number of ether oxygens (including phenoxy) is 1. The van der Waals surface area contributed by atoms with Gasteiger partial charge in [-0.3, -0.25) is 9.69 Å². The van der Waals surface area contributed by atoms with Gasteiger partial charge >= 0.3 is 6.09 Å². The number of piperidine rings is 2. The molecule has 2 saturated heterocycles. The first-order valence-electron chi connectivity index (χ1n) is 12.2. The van der Waals surface area contributed by atoms with Crippen LogP contribution in [0.4, 0.5) is 4.79 Å². The normalized spacial score (nSPS) is 20.8. The van der Waals surface area contributed by atoms with Gasteiger partial charge in [-0.05, 0) is 76.0 Å². The van der Waals surface area contributed by atoms with Crippen molar-refractivity contribution in [2.75, 3.05) is 26.2 Å². The zero-order chi connectivity index (χ0) is 23.1. The molecule has 32 heavy (non-hydrogen) atoms. The van der Waals surface area contributed by atoms with Crippen LogP contribution in [-0.2, 0) is 22.6 Å². The Labute approximate surface area is 193 Å². The van der Waals surface area contributed by atoms with Gasteiger partial charge in [0.05, 0.1) is 0 Å². The van der Waals surface area contributed by atoms with Gasteiger partial charge < -0.3 is 15.0 Å². The molecule has 0 aliphatic carbocycles. The summed E-state index contributed by atoms with van der Waals surface area (Å²) < 4.78 is 5.44. The van der Waals surface area contributed by atoms with Crippen LogP contribution in [-0.4, -0.2) is 53.6 Å². The SMILES string of the molecule is C[C@H]1CCCN(Cc2ccc(CNC(=O)CC3CCN(C(=O)OC(C)(C)C)CC3)cc2)C1. The van der Waals surface area contributed by atoms with Gasteiger partial charge in [0.15, 0.2) is 0 Å². The Bertz CT molecular complexity index is 749. The number of carbonyl (C=O) groups is 2. The summed E-state index contributed by atoms with van der Waals surface area (Å²) in [6.45, 7) is 13.2. The van der Waals surface area contributed by atoms with Crippen molar-refractivity contribution in [2.45, 2.75) is 78.5 Å². The van der Waals surface area contributed by atoms with Crippen LogP contribution in [0.1, 0.15) is 70.9 Å². The number of likely N-dealkylation sites (tertiary alicyclic amines) is 2. The molecule has 6 nitrogen and oxygen atoms in total. The van der Waals surface area contributed by atoms with Crippen molar-refractivity contribution >= 4 is 12.0 Å². The van der Waals surface area contributed by atoms with Crippen LogP contribution in [0.3, 0.4) is 0 Å². The molecular weight excluding hydrogens is 402 g/mol. The predicted molar refractivity (Wildman–Crippen MR) is 127 cm³/mol. The molecule has 0 radical (unpaired) electrons. The molecular formula is C26H41N3O3. The second kappa shape index (κ2) is 11.2. The number of nitrogens with zero attached hydrogens (tertiary/aromatic N) is 2. The molecule has 0 spiro atoms. The monoisotopic (exact) mass is 443 g/mol. The Morgan fingerprint density at radius 3 is 2.31 bits per heavy atom. The lowest BCUT2D eigenvalue weighted by Crippen LogP contribution is -2.42. The Hall–Kier alpha value is -2.08. The predicted octanol–water partition coefficient (Wildman–Crippen LogP) is 4.57. The van der Waals surface area contributed by atoms with Crippen LogP contribution in [0, 0.1) is 11.8 Å². The Balaban J connectivity index is 1.35. The molecule has 3 rings (SSSR count). The quantitative estimate of drug-likeness (QED) is 0.699. The molecule has 1 N–H and O–H groups in total.